The first kappa shape index (κ1) is 13.2. The average Bonchev–Trinajstić information content (AvgIpc) is 2.52. The average molecular weight is 239 g/mol. The van der Waals surface area contributed by atoms with E-state index in [1.54, 1.807) is 11.7 Å². The van der Waals surface area contributed by atoms with Crippen LogP contribution in [0.1, 0.15) is 24.2 Å². The van der Waals surface area contributed by atoms with Crippen molar-refractivity contribution in [3.05, 3.63) is 17.5 Å². The van der Waals surface area contributed by atoms with E-state index in [-0.39, 0.29) is 18.7 Å². The summed E-state index contributed by atoms with van der Waals surface area (Å²) in [4.78, 5) is 21.8. The van der Waals surface area contributed by atoms with Gasteiger partial charge in [-0.2, -0.15) is 5.10 Å². The molecule has 6 nitrogen and oxygen atoms in total. The van der Waals surface area contributed by atoms with Crippen molar-refractivity contribution in [2.45, 2.75) is 26.2 Å². The van der Waals surface area contributed by atoms with E-state index in [0.717, 1.165) is 11.4 Å². The zero-order chi connectivity index (χ0) is 12.8. The first-order valence-electron chi connectivity index (χ1n) is 5.47. The maximum Gasteiger partial charge on any atom is 0.303 e. The Morgan fingerprint density at radius 1 is 1.53 bits per heavy atom. The second-order valence-electron chi connectivity index (χ2n) is 3.92. The molecule has 0 aromatic carbocycles. The summed E-state index contributed by atoms with van der Waals surface area (Å²) in [5.74, 6) is -0.958. The predicted molar refractivity (Wildman–Crippen MR) is 61.5 cm³/mol. The molecule has 1 heterocycles. The van der Waals surface area contributed by atoms with E-state index in [9.17, 15) is 9.59 Å². The van der Waals surface area contributed by atoms with E-state index in [4.69, 9.17) is 5.11 Å². The van der Waals surface area contributed by atoms with Gasteiger partial charge in [0, 0.05) is 25.7 Å². The van der Waals surface area contributed by atoms with Crippen LogP contribution in [0.4, 0.5) is 0 Å². The Morgan fingerprint density at radius 2 is 2.24 bits per heavy atom. The minimum atomic E-state index is -0.846. The summed E-state index contributed by atoms with van der Waals surface area (Å²) in [6.45, 7) is 2.26. The maximum atomic E-state index is 11.5. The number of nitrogens with zero attached hydrogens (tertiary/aromatic N) is 2. The Bertz CT molecular complexity index is 412. The number of aliphatic carboxylic acids is 1. The van der Waals surface area contributed by atoms with Crippen LogP contribution in [0.2, 0.25) is 0 Å². The number of carboxylic acid groups (broad SMARTS) is 1. The molecule has 1 amide bonds. The highest BCUT2D eigenvalue weighted by atomic mass is 16.4. The minimum absolute atomic E-state index is 0.0745. The van der Waals surface area contributed by atoms with Crippen LogP contribution in [0.25, 0.3) is 0 Å². The first-order chi connectivity index (χ1) is 7.99. The number of rotatable bonds is 6. The van der Waals surface area contributed by atoms with Crippen molar-refractivity contribution in [3.63, 3.8) is 0 Å². The van der Waals surface area contributed by atoms with Crippen LogP contribution in [-0.4, -0.2) is 33.3 Å². The number of nitrogens with one attached hydrogen (secondary N) is 1. The number of carboxylic acids is 1. The summed E-state index contributed by atoms with van der Waals surface area (Å²) in [6.07, 6.45) is 0.793. The third kappa shape index (κ3) is 4.67. The summed E-state index contributed by atoms with van der Waals surface area (Å²) in [5, 5.41) is 15.3. The fourth-order valence-electron chi connectivity index (χ4n) is 1.52. The molecule has 1 rings (SSSR count). The second kappa shape index (κ2) is 6.03. The summed E-state index contributed by atoms with van der Waals surface area (Å²) in [7, 11) is 1.79. The van der Waals surface area contributed by atoms with E-state index in [0.29, 0.717) is 13.0 Å². The number of amides is 1. The minimum Gasteiger partial charge on any atom is -0.481 e. The molecule has 0 radical (unpaired) electrons. The van der Waals surface area contributed by atoms with Crippen molar-refractivity contribution >= 4 is 11.9 Å². The van der Waals surface area contributed by atoms with Gasteiger partial charge in [-0.25, -0.2) is 0 Å². The maximum absolute atomic E-state index is 11.5. The van der Waals surface area contributed by atoms with Crippen LogP contribution in [0.5, 0.6) is 0 Å². The molecule has 0 bridgehead atoms. The van der Waals surface area contributed by atoms with Gasteiger partial charge < -0.3 is 10.4 Å². The Balaban J connectivity index is 2.30. The standard InChI is InChI=1S/C11H17N3O3/c1-8-6-9(14(2)13-8)7-10(15)12-5-3-4-11(16)17/h6H,3-5,7H2,1-2H3,(H,12,15)(H,16,17). The van der Waals surface area contributed by atoms with Gasteiger partial charge in [-0.1, -0.05) is 0 Å². The fourth-order valence-corrected chi connectivity index (χ4v) is 1.52. The van der Waals surface area contributed by atoms with Gasteiger partial charge in [0.15, 0.2) is 0 Å². The van der Waals surface area contributed by atoms with Gasteiger partial charge >= 0.3 is 5.97 Å². The third-order valence-corrected chi connectivity index (χ3v) is 2.33. The molecule has 0 saturated carbocycles. The van der Waals surface area contributed by atoms with Gasteiger partial charge in [0.1, 0.15) is 0 Å². The lowest BCUT2D eigenvalue weighted by molar-refractivity contribution is -0.137. The SMILES string of the molecule is Cc1cc(CC(=O)NCCCC(=O)O)n(C)n1. The number of hydrogen-bond acceptors (Lipinski definition) is 3. The molecule has 1 aromatic rings. The molecule has 0 aliphatic rings. The van der Waals surface area contributed by atoms with Crippen molar-refractivity contribution in [1.29, 1.82) is 0 Å². The first-order valence-corrected chi connectivity index (χ1v) is 5.47. The van der Waals surface area contributed by atoms with Crippen molar-refractivity contribution < 1.29 is 14.7 Å². The predicted octanol–water partition coefficient (Wildman–Crippen LogP) is 0.252. The molecule has 2 N–H and O–H groups in total. The van der Waals surface area contributed by atoms with Crippen molar-refractivity contribution in [2.75, 3.05) is 6.54 Å². The number of carbonyl (C=O) groups excluding carboxylic acids is 1. The van der Waals surface area contributed by atoms with Gasteiger partial charge in [-0.15, -0.1) is 0 Å². The molecule has 0 atom stereocenters. The van der Waals surface area contributed by atoms with Gasteiger partial charge in [-0.3, -0.25) is 14.3 Å². The Hall–Kier alpha value is -1.85. The zero-order valence-corrected chi connectivity index (χ0v) is 10.1. The molecule has 0 spiro atoms. The van der Waals surface area contributed by atoms with E-state index in [1.807, 2.05) is 13.0 Å². The third-order valence-electron chi connectivity index (χ3n) is 2.33. The van der Waals surface area contributed by atoms with Crippen molar-refractivity contribution in [2.24, 2.45) is 7.05 Å². The molecule has 0 fully saturated rings. The Labute approximate surface area is 99.6 Å². The van der Waals surface area contributed by atoms with E-state index < -0.39 is 5.97 Å². The highest BCUT2D eigenvalue weighted by Crippen LogP contribution is 2.02. The number of hydrogen-bond donors (Lipinski definition) is 2. The molecule has 6 heteroatoms. The van der Waals surface area contributed by atoms with E-state index in [2.05, 4.69) is 10.4 Å². The number of aromatic nitrogens is 2. The van der Waals surface area contributed by atoms with E-state index >= 15 is 0 Å². The molecule has 1 aromatic heterocycles. The normalized spacial score (nSPS) is 10.2. The van der Waals surface area contributed by atoms with Crippen LogP contribution < -0.4 is 5.32 Å². The molecule has 0 aliphatic heterocycles. The molecular formula is C11H17N3O3. The van der Waals surface area contributed by atoms with Gasteiger partial charge in [-0.05, 0) is 19.4 Å². The molecule has 0 unspecified atom stereocenters. The van der Waals surface area contributed by atoms with Crippen LogP contribution in [-0.2, 0) is 23.1 Å². The number of aryl methyl sites for hydroxylation is 2. The van der Waals surface area contributed by atoms with Crippen LogP contribution in [0.3, 0.4) is 0 Å². The molecule has 94 valence electrons. The summed E-state index contributed by atoms with van der Waals surface area (Å²) >= 11 is 0. The zero-order valence-electron chi connectivity index (χ0n) is 10.1. The lowest BCUT2D eigenvalue weighted by Gasteiger charge is -2.04. The summed E-state index contributed by atoms with van der Waals surface area (Å²) < 4.78 is 1.67. The highest BCUT2D eigenvalue weighted by Gasteiger charge is 2.08. The lowest BCUT2D eigenvalue weighted by atomic mass is 10.2. The highest BCUT2D eigenvalue weighted by molar-refractivity contribution is 5.78. The summed E-state index contributed by atoms with van der Waals surface area (Å²) in [5.41, 5.74) is 1.72. The smallest absolute Gasteiger partial charge is 0.303 e. The van der Waals surface area contributed by atoms with Gasteiger partial charge in [0.05, 0.1) is 12.1 Å². The Kier molecular flexibility index (Phi) is 4.68. The van der Waals surface area contributed by atoms with Crippen molar-refractivity contribution in [1.82, 2.24) is 15.1 Å². The van der Waals surface area contributed by atoms with Crippen LogP contribution in [0.15, 0.2) is 6.07 Å². The molecule has 0 aliphatic carbocycles. The lowest BCUT2D eigenvalue weighted by Crippen LogP contribution is -2.27. The van der Waals surface area contributed by atoms with Gasteiger partial charge in [0.2, 0.25) is 5.91 Å². The molecule has 0 saturated heterocycles. The van der Waals surface area contributed by atoms with Crippen LogP contribution >= 0.6 is 0 Å². The topological polar surface area (TPSA) is 84.2 Å². The summed E-state index contributed by atoms with van der Waals surface area (Å²) in [6, 6.07) is 1.86. The largest absolute Gasteiger partial charge is 0.481 e. The Morgan fingerprint density at radius 3 is 2.76 bits per heavy atom. The second-order valence-corrected chi connectivity index (χ2v) is 3.92. The number of carbonyl (C=O) groups is 2. The monoisotopic (exact) mass is 239 g/mol. The van der Waals surface area contributed by atoms with E-state index in [1.165, 1.54) is 0 Å². The van der Waals surface area contributed by atoms with Crippen LogP contribution in [0, 0.1) is 6.92 Å². The fraction of sp³-hybridized carbons (Fsp3) is 0.545. The molecule has 17 heavy (non-hydrogen) atoms. The molecular weight excluding hydrogens is 222 g/mol. The van der Waals surface area contributed by atoms with Gasteiger partial charge in [0.25, 0.3) is 0 Å². The van der Waals surface area contributed by atoms with Crippen molar-refractivity contribution in [3.8, 4) is 0 Å². The quantitative estimate of drug-likeness (QED) is 0.697.